The molecule has 88 valence electrons. The lowest BCUT2D eigenvalue weighted by Gasteiger charge is -2.17. The third kappa shape index (κ3) is 2.25. The van der Waals surface area contributed by atoms with Gasteiger partial charge in [0.2, 0.25) is 0 Å². The molecule has 0 aliphatic heterocycles. The van der Waals surface area contributed by atoms with Crippen molar-refractivity contribution in [2.75, 3.05) is 21.3 Å². The highest BCUT2D eigenvalue weighted by Gasteiger charge is 2.23. The lowest BCUT2D eigenvalue weighted by molar-refractivity contribution is -0.139. The van der Waals surface area contributed by atoms with Gasteiger partial charge in [-0.1, -0.05) is 12.1 Å². The molecule has 0 fully saturated rings. The van der Waals surface area contributed by atoms with Crippen molar-refractivity contribution in [1.29, 1.82) is 0 Å². The number of hydrogen-bond donors (Lipinski definition) is 2. The molecular weight excluding hydrogens is 210 g/mol. The van der Waals surface area contributed by atoms with Gasteiger partial charge in [-0.3, -0.25) is 4.79 Å². The Balaban J connectivity index is 3.25. The van der Waals surface area contributed by atoms with E-state index in [-0.39, 0.29) is 0 Å². The molecule has 1 aromatic rings. The fourth-order valence-electron chi connectivity index (χ4n) is 1.55. The average molecular weight is 225 g/mol. The number of aliphatic carboxylic acids is 1. The third-order valence-corrected chi connectivity index (χ3v) is 2.28. The molecule has 0 amide bonds. The number of para-hydroxylation sites is 1. The van der Waals surface area contributed by atoms with Crippen LogP contribution in [0.15, 0.2) is 18.2 Å². The second-order valence-corrected chi connectivity index (χ2v) is 3.14. The van der Waals surface area contributed by atoms with Crippen LogP contribution in [-0.4, -0.2) is 32.3 Å². The van der Waals surface area contributed by atoms with E-state index in [0.717, 1.165) is 0 Å². The topological polar surface area (TPSA) is 67.8 Å². The molecule has 0 radical (unpaired) electrons. The normalized spacial score (nSPS) is 11.9. The Hall–Kier alpha value is -1.75. The lowest BCUT2D eigenvalue weighted by Crippen LogP contribution is -2.25. The molecule has 5 heteroatoms. The van der Waals surface area contributed by atoms with Gasteiger partial charge in [-0.15, -0.1) is 0 Å². The van der Waals surface area contributed by atoms with Crippen LogP contribution in [0, 0.1) is 0 Å². The molecule has 0 saturated heterocycles. The summed E-state index contributed by atoms with van der Waals surface area (Å²) in [7, 11) is 4.57. The summed E-state index contributed by atoms with van der Waals surface area (Å²) >= 11 is 0. The maximum absolute atomic E-state index is 11.0. The van der Waals surface area contributed by atoms with Gasteiger partial charge in [-0.2, -0.15) is 0 Å². The van der Waals surface area contributed by atoms with Crippen molar-refractivity contribution in [1.82, 2.24) is 5.32 Å². The minimum atomic E-state index is -0.964. The first-order valence-electron chi connectivity index (χ1n) is 4.76. The average Bonchev–Trinajstić information content (AvgIpc) is 2.29. The predicted molar refractivity (Wildman–Crippen MR) is 59.0 cm³/mol. The van der Waals surface area contributed by atoms with Crippen molar-refractivity contribution in [3.05, 3.63) is 23.8 Å². The second-order valence-electron chi connectivity index (χ2n) is 3.14. The standard InChI is InChI=1S/C11H15NO4/c1-12-9(11(13)14)7-5-4-6-8(15-2)10(7)16-3/h4-6,9,12H,1-3H3,(H,13,14)/t9-/m1/s1. The number of carbonyl (C=O) groups is 1. The largest absolute Gasteiger partial charge is 0.493 e. The van der Waals surface area contributed by atoms with Crippen molar-refractivity contribution < 1.29 is 19.4 Å². The minimum Gasteiger partial charge on any atom is -0.493 e. The summed E-state index contributed by atoms with van der Waals surface area (Å²) in [5.74, 6) is -0.0118. The number of carboxylic acid groups (broad SMARTS) is 1. The summed E-state index contributed by atoms with van der Waals surface area (Å²) in [6.07, 6.45) is 0. The lowest BCUT2D eigenvalue weighted by atomic mass is 10.1. The molecule has 0 aliphatic rings. The van der Waals surface area contributed by atoms with Crippen LogP contribution in [0.5, 0.6) is 11.5 Å². The zero-order valence-electron chi connectivity index (χ0n) is 9.48. The van der Waals surface area contributed by atoms with E-state index >= 15 is 0 Å². The van der Waals surface area contributed by atoms with Crippen LogP contribution in [-0.2, 0) is 4.79 Å². The van der Waals surface area contributed by atoms with Gasteiger partial charge in [0, 0.05) is 5.56 Å². The molecule has 0 spiro atoms. The number of benzene rings is 1. The van der Waals surface area contributed by atoms with E-state index in [9.17, 15) is 4.79 Å². The first-order valence-corrected chi connectivity index (χ1v) is 4.76. The van der Waals surface area contributed by atoms with E-state index in [1.165, 1.54) is 14.2 Å². The highest BCUT2D eigenvalue weighted by atomic mass is 16.5. The quantitative estimate of drug-likeness (QED) is 0.784. The molecule has 0 bridgehead atoms. The van der Waals surface area contributed by atoms with Crippen LogP contribution in [0.3, 0.4) is 0 Å². The van der Waals surface area contributed by atoms with E-state index in [2.05, 4.69) is 5.32 Å². The van der Waals surface area contributed by atoms with Crippen LogP contribution in [0.4, 0.5) is 0 Å². The summed E-state index contributed by atoms with van der Waals surface area (Å²) in [6.45, 7) is 0. The summed E-state index contributed by atoms with van der Waals surface area (Å²) in [5.41, 5.74) is 0.539. The summed E-state index contributed by atoms with van der Waals surface area (Å²) in [5, 5.41) is 11.8. The Morgan fingerprint density at radius 1 is 1.38 bits per heavy atom. The van der Waals surface area contributed by atoms with Gasteiger partial charge < -0.3 is 19.9 Å². The predicted octanol–water partition coefficient (Wildman–Crippen LogP) is 1.05. The van der Waals surface area contributed by atoms with Gasteiger partial charge in [0.05, 0.1) is 14.2 Å². The molecule has 1 atom stereocenters. The fourth-order valence-corrected chi connectivity index (χ4v) is 1.55. The highest BCUT2D eigenvalue weighted by molar-refractivity contribution is 5.77. The van der Waals surface area contributed by atoms with E-state index in [0.29, 0.717) is 17.1 Å². The monoisotopic (exact) mass is 225 g/mol. The Labute approximate surface area is 94.0 Å². The minimum absolute atomic E-state index is 0.437. The van der Waals surface area contributed by atoms with Gasteiger partial charge >= 0.3 is 5.97 Å². The molecular formula is C11H15NO4. The van der Waals surface area contributed by atoms with Crippen LogP contribution >= 0.6 is 0 Å². The molecule has 2 N–H and O–H groups in total. The Morgan fingerprint density at radius 3 is 2.50 bits per heavy atom. The fraction of sp³-hybridized carbons (Fsp3) is 0.364. The number of nitrogens with one attached hydrogen (secondary N) is 1. The van der Waals surface area contributed by atoms with Crippen LogP contribution in [0.25, 0.3) is 0 Å². The Bertz CT molecular complexity index is 378. The molecule has 1 aromatic carbocycles. The van der Waals surface area contributed by atoms with Gasteiger partial charge in [-0.25, -0.2) is 0 Å². The number of methoxy groups -OCH3 is 2. The molecule has 5 nitrogen and oxygen atoms in total. The molecule has 16 heavy (non-hydrogen) atoms. The number of carboxylic acids is 1. The van der Waals surface area contributed by atoms with Crippen molar-refractivity contribution in [3.63, 3.8) is 0 Å². The smallest absolute Gasteiger partial charge is 0.325 e. The van der Waals surface area contributed by atoms with Crippen molar-refractivity contribution in [2.45, 2.75) is 6.04 Å². The highest BCUT2D eigenvalue weighted by Crippen LogP contribution is 2.34. The third-order valence-electron chi connectivity index (χ3n) is 2.28. The molecule has 0 heterocycles. The number of ether oxygens (including phenoxy) is 2. The van der Waals surface area contributed by atoms with Crippen LogP contribution < -0.4 is 14.8 Å². The first-order chi connectivity index (χ1) is 7.65. The number of rotatable bonds is 5. The van der Waals surface area contributed by atoms with E-state index in [4.69, 9.17) is 14.6 Å². The van der Waals surface area contributed by atoms with Gasteiger partial charge in [0.25, 0.3) is 0 Å². The Morgan fingerprint density at radius 2 is 2.06 bits per heavy atom. The zero-order chi connectivity index (χ0) is 12.1. The summed E-state index contributed by atoms with van der Waals surface area (Å²) in [4.78, 5) is 11.0. The molecule has 1 rings (SSSR count). The van der Waals surface area contributed by atoms with Gasteiger partial charge in [0.1, 0.15) is 6.04 Å². The molecule has 0 aliphatic carbocycles. The molecule has 0 aromatic heterocycles. The van der Waals surface area contributed by atoms with Crippen molar-refractivity contribution in [3.8, 4) is 11.5 Å². The van der Waals surface area contributed by atoms with E-state index < -0.39 is 12.0 Å². The maximum Gasteiger partial charge on any atom is 0.325 e. The molecule has 0 saturated carbocycles. The van der Waals surface area contributed by atoms with Crippen LogP contribution in [0.2, 0.25) is 0 Å². The summed E-state index contributed by atoms with van der Waals surface area (Å²) < 4.78 is 10.3. The number of hydrogen-bond acceptors (Lipinski definition) is 4. The van der Waals surface area contributed by atoms with Crippen molar-refractivity contribution in [2.24, 2.45) is 0 Å². The van der Waals surface area contributed by atoms with Gasteiger partial charge in [0.15, 0.2) is 11.5 Å². The second kappa shape index (κ2) is 5.37. The zero-order valence-corrected chi connectivity index (χ0v) is 9.48. The van der Waals surface area contributed by atoms with Gasteiger partial charge in [-0.05, 0) is 13.1 Å². The maximum atomic E-state index is 11.0. The SMILES string of the molecule is CN[C@@H](C(=O)O)c1cccc(OC)c1OC. The Kier molecular flexibility index (Phi) is 4.13. The first kappa shape index (κ1) is 12.3. The van der Waals surface area contributed by atoms with E-state index in [1.807, 2.05) is 0 Å². The van der Waals surface area contributed by atoms with Crippen LogP contribution in [0.1, 0.15) is 11.6 Å². The van der Waals surface area contributed by atoms with E-state index in [1.54, 1.807) is 25.2 Å². The number of likely N-dealkylation sites (N-methyl/N-ethyl adjacent to an activating group) is 1. The van der Waals surface area contributed by atoms with Crippen molar-refractivity contribution >= 4 is 5.97 Å². The molecule has 0 unspecified atom stereocenters. The summed E-state index contributed by atoms with van der Waals surface area (Å²) in [6, 6.07) is 4.32.